The quantitative estimate of drug-likeness (QED) is 0.262. The number of aromatic nitrogens is 4. The van der Waals surface area contributed by atoms with E-state index in [1.54, 1.807) is 6.33 Å². The second kappa shape index (κ2) is 11.0. The molecule has 0 unspecified atom stereocenters. The van der Waals surface area contributed by atoms with Crippen molar-refractivity contribution >= 4 is 22.7 Å². The number of piperidine rings is 2. The Morgan fingerprint density at radius 1 is 0.949 bits per heavy atom. The Hall–Kier alpha value is -3.98. The number of rotatable bonds is 6. The average molecular weight is 525 g/mol. The summed E-state index contributed by atoms with van der Waals surface area (Å²) in [6, 6.07) is 18.0. The number of benzene rings is 2. The molecule has 39 heavy (non-hydrogen) atoms. The molecule has 0 radical (unpaired) electrons. The molecule has 0 spiro atoms. The Morgan fingerprint density at radius 2 is 1.69 bits per heavy atom. The minimum Gasteiger partial charge on any atom is -0.457 e. The highest BCUT2D eigenvalue weighted by atomic mass is 16.5. The summed E-state index contributed by atoms with van der Waals surface area (Å²) in [4.78, 5) is 13.9. The molecule has 2 aromatic carbocycles. The highest BCUT2D eigenvalue weighted by Gasteiger charge is 2.31. The third-order valence-corrected chi connectivity index (χ3v) is 8.02. The highest BCUT2D eigenvalue weighted by Crippen LogP contribution is 2.36. The first-order valence-electron chi connectivity index (χ1n) is 13.9. The van der Waals surface area contributed by atoms with Crippen molar-refractivity contribution in [1.82, 2.24) is 29.5 Å². The SMILES string of the molecule is CNc1ncnc2c1c(-c1ccc(Oc3ccccc3)cc1)nn2[C@@H]1CCCN(C(=N)C2CCN(C)CC2)C1. The van der Waals surface area contributed by atoms with Gasteiger partial charge in [-0.2, -0.15) is 5.10 Å². The number of ether oxygens (including phenoxy) is 1. The molecule has 6 rings (SSSR count). The Morgan fingerprint density at radius 3 is 2.44 bits per heavy atom. The molecule has 4 aromatic rings. The van der Waals surface area contributed by atoms with Gasteiger partial charge in [0, 0.05) is 31.6 Å². The zero-order valence-corrected chi connectivity index (χ0v) is 22.7. The van der Waals surface area contributed by atoms with E-state index in [-0.39, 0.29) is 6.04 Å². The molecule has 2 aliphatic heterocycles. The van der Waals surface area contributed by atoms with E-state index in [2.05, 4.69) is 31.8 Å². The molecule has 0 aliphatic carbocycles. The van der Waals surface area contributed by atoms with E-state index in [1.807, 2.05) is 61.6 Å². The third kappa shape index (κ3) is 5.18. The van der Waals surface area contributed by atoms with E-state index in [4.69, 9.17) is 20.2 Å². The maximum absolute atomic E-state index is 8.99. The lowest BCUT2D eigenvalue weighted by Gasteiger charge is -2.39. The number of nitrogens with one attached hydrogen (secondary N) is 2. The van der Waals surface area contributed by atoms with E-state index in [0.29, 0.717) is 5.92 Å². The van der Waals surface area contributed by atoms with Gasteiger partial charge in [-0.15, -0.1) is 0 Å². The predicted molar refractivity (Wildman–Crippen MR) is 155 cm³/mol. The normalized spacial score (nSPS) is 18.8. The first-order chi connectivity index (χ1) is 19.1. The number of amidine groups is 1. The Bertz CT molecular complexity index is 1430. The van der Waals surface area contributed by atoms with Gasteiger partial charge in [-0.25, -0.2) is 14.6 Å². The van der Waals surface area contributed by atoms with Gasteiger partial charge in [0.1, 0.15) is 29.3 Å². The van der Waals surface area contributed by atoms with Crippen LogP contribution in [0.1, 0.15) is 31.7 Å². The highest BCUT2D eigenvalue weighted by molar-refractivity contribution is 5.99. The summed E-state index contributed by atoms with van der Waals surface area (Å²) in [7, 11) is 4.05. The van der Waals surface area contributed by atoms with Crippen LogP contribution in [0.5, 0.6) is 11.5 Å². The summed E-state index contributed by atoms with van der Waals surface area (Å²) in [5, 5.41) is 18.3. The second-order valence-electron chi connectivity index (χ2n) is 10.6. The van der Waals surface area contributed by atoms with Gasteiger partial charge in [-0.05, 0) is 82.2 Å². The molecule has 2 aliphatic rings. The predicted octanol–water partition coefficient (Wildman–Crippen LogP) is 5.28. The van der Waals surface area contributed by atoms with E-state index in [1.165, 1.54) is 0 Å². The monoisotopic (exact) mass is 524 g/mol. The molecule has 2 saturated heterocycles. The summed E-state index contributed by atoms with van der Waals surface area (Å²) in [5.41, 5.74) is 2.66. The van der Waals surface area contributed by atoms with Crippen LogP contribution in [-0.4, -0.2) is 75.7 Å². The number of anilines is 1. The Balaban J connectivity index is 1.29. The summed E-state index contributed by atoms with van der Waals surface area (Å²) in [5.74, 6) is 3.48. The zero-order valence-electron chi connectivity index (χ0n) is 22.7. The van der Waals surface area contributed by atoms with Crippen LogP contribution in [0.25, 0.3) is 22.3 Å². The number of hydrogen-bond acceptors (Lipinski definition) is 7. The molecule has 9 heteroatoms. The topological polar surface area (TPSA) is 95.2 Å². The van der Waals surface area contributed by atoms with Gasteiger partial charge in [0.15, 0.2) is 5.65 Å². The molecule has 2 N–H and O–H groups in total. The number of nitrogens with zero attached hydrogens (tertiary/aromatic N) is 6. The fourth-order valence-corrected chi connectivity index (χ4v) is 5.84. The van der Waals surface area contributed by atoms with Gasteiger partial charge in [-0.1, -0.05) is 18.2 Å². The lowest BCUT2D eigenvalue weighted by Crippen LogP contribution is -2.46. The lowest BCUT2D eigenvalue weighted by molar-refractivity contribution is 0.212. The number of hydrogen-bond donors (Lipinski definition) is 2. The van der Waals surface area contributed by atoms with Crippen molar-refractivity contribution in [2.45, 2.75) is 31.7 Å². The van der Waals surface area contributed by atoms with Crippen LogP contribution >= 0.6 is 0 Å². The second-order valence-corrected chi connectivity index (χ2v) is 10.6. The van der Waals surface area contributed by atoms with Crippen LogP contribution < -0.4 is 10.1 Å². The van der Waals surface area contributed by atoms with Crippen molar-refractivity contribution in [1.29, 1.82) is 5.41 Å². The third-order valence-electron chi connectivity index (χ3n) is 8.02. The van der Waals surface area contributed by atoms with Crippen molar-refractivity contribution in [3.8, 4) is 22.8 Å². The van der Waals surface area contributed by atoms with E-state index in [9.17, 15) is 0 Å². The van der Waals surface area contributed by atoms with E-state index < -0.39 is 0 Å². The van der Waals surface area contributed by atoms with Gasteiger partial charge < -0.3 is 19.9 Å². The first kappa shape index (κ1) is 25.3. The van der Waals surface area contributed by atoms with Crippen molar-refractivity contribution < 1.29 is 4.74 Å². The molecule has 0 saturated carbocycles. The van der Waals surface area contributed by atoms with Crippen LogP contribution in [0.2, 0.25) is 0 Å². The molecule has 2 fully saturated rings. The van der Waals surface area contributed by atoms with Crippen molar-refractivity contribution in [3.05, 3.63) is 60.9 Å². The minimum absolute atomic E-state index is 0.141. The van der Waals surface area contributed by atoms with Gasteiger partial charge in [0.2, 0.25) is 0 Å². The number of para-hydroxylation sites is 1. The van der Waals surface area contributed by atoms with Crippen LogP contribution in [0.4, 0.5) is 5.82 Å². The molecular weight excluding hydrogens is 488 g/mol. The molecule has 0 amide bonds. The number of fused-ring (bicyclic) bond motifs is 1. The Kier molecular flexibility index (Phi) is 7.15. The maximum Gasteiger partial charge on any atom is 0.164 e. The average Bonchev–Trinajstić information content (AvgIpc) is 3.38. The van der Waals surface area contributed by atoms with Crippen LogP contribution in [0.3, 0.4) is 0 Å². The van der Waals surface area contributed by atoms with E-state index in [0.717, 1.165) is 97.3 Å². The van der Waals surface area contributed by atoms with Crippen LogP contribution in [0.15, 0.2) is 60.9 Å². The summed E-state index contributed by atoms with van der Waals surface area (Å²) in [6.07, 6.45) is 5.78. The lowest BCUT2D eigenvalue weighted by atomic mass is 9.93. The molecular formula is C30H36N8O. The molecule has 1 atom stereocenters. The molecule has 202 valence electrons. The van der Waals surface area contributed by atoms with Gasteiger partial charge in [0.25, 0.3) is 0 Å². The molecule has 0 bridgehead atoms. The van der Waals surface area contributed by atoms with Crippen molar-refractivity contribution in [2.75, 3.05) is 45.6 Å². The molecule has 9 nitrogen and oxygen atoms in total. The van der Waals surface area contributed by atoms with Gasteiger partial charge in [0.05, 0.1) is 17.3 Å². The standard InChI is InChI=1S/C30H36N8O/c1-32-29-26-27(21-10-12-25(13-11-21)39-24-8-4-3-5-9-24)35-38(30(26)34-20-33-29)23-7-6-16-37(19-23)28(31)22-14-17-36(2)18-15-22/h3-5,8-13,20,22-23,31H,6-7,14-19H2,1-2H3,(H,32,33,34)/t23-/m1/s1. The smallest absolute Gasteiger partial charge is 0.164 e. The van der Waals surface area contributed by atoms with Crippen molar-refractivity contribution in [3.63, 3.8) is 0 Å². The van der Waals surface area contributed by atoms with Crippen LogP contribution in [-0.2, 0) is 0 Å². The van der Waals surface area contributed by atoms with Gasteiger partial charge in [-0.3, -0.25) is 5.41 Å². The number of likely N-dealkylation sites (tertiary alicyclic amines) is 2. The van der Waals surface area contributed by atoms with Crippen molar-refractivity contribution in [2.24, 2.45) is 5.92 Å². The zero-order chi connectivity index (χ0) is 26.8. The maximum atomic E-state index is 8.99. The minimum atomic E-state index is 0.141. The summed E-state index contributed by atoms with van der Waals surface area (Å²) in [6.45, 7) is 3.85. The largest absolute Gasteiger partial charge is 0.457 e. The van der Waals surface area contributed by atoms with Crippen LogP contribution in [0, 0.1) is 11.3 Å². The fraction of sp³-hybridized carbons (Fsp3) is 0.400. The van der Waals surface area contributed by atoms with E-state index >= 15 is 0 Å². The molecule has 4 heterocycles. The first-order valence-corrected chi connectivity index (χ1v) is 13.9. The molecule has 2 aromatic heterocycles. The fourth-order valence-electron chi connectivity index (χ4n) is 5.84. The van der Waals surface area contributed by atoms with Gasteiger partial charge >= 0.3 is 0 Å². The summed E-state index contributed by atoms with van der Waals surface area (Å²) >= 11 is 0. The summed E-state index contributed by atoms with van der Waals surface area (Å²) < 4.78 is 8.08. The Labute approximate surface area is 229 Å².